The molecule has 1 N–H and O–H groups in total. The Morgan fingerprint density at radius 2 is 2.11 bits per heavy atom. The van der Waals surface area contributed by atoms with Crippen molar-refractivity contribution in [2.75, 3.05) is 7.11 Å². The first-order valence-corrected chi connectivity index (χ1v) is 5.84. The first-order valence-electron chi connectivity index (χ1n) is 5.84. The molecule has 0 bridgehead atoms. The number of nitrogens with zero attached hydrogens (tertiary/aromatic N) is 1. The number of hydrogen-bond donors (Lipinski definition) is 1. The van der Waals surface area contributed by atoms with Crippen LogP contribution in [0.3, 0.4) is 0 Å². The zero-order valence-electron chi connectivity index (χ0n) is 11.1. The molecule has 1 heterocycles. The number of ether oxygens (including phenoxy) is 1. The van der Waals surface area contributed by atoms with E-state index in [2.05, 4.69) is 5.16 Å². The monoisotopic (exact) mass is 261 g/mol. The van der Waals surface area contributed by atoms with Crippen LogP contribution in [0.5, 0.6) is 5.75 Å². The van der Waals surface area contributed by atoms with E-state index in [0.717, 1.165) is 16.7 Å². The summed E-state index contributed by atoms with van der Waals surface area (Å²) >= 11 is 0. The van der Waals surface area contributed by atoms with Crippen LogP contribution in [0.1, 0.15) is 16.8 Å². The van der Waals surface area contributed by atoms with Crippen LogP contribution in [0.4, 0.5) is 0 Å². The van der Waals surface area contributed by atoms with Crippen molar-refractivity contribution in [1.29, 1.82) is 0 Å². The first kappa shape index (κ1) is 13.1. The van der Waals surface area contributed by atoms with Crippen molar-refractivity contribution in [2.24, 2.45) is 0 Å². The topological polar surface area (TPSA) is 72.6 Å². The Kier molecular flexibility index (Phi) is 3.55. The fourth-order valence-corrected chi connectivity index (χ4v) is 2.09. The minimum Gasteiger partial charge on any atom is -0.496 e. The van der Waals surface area contributed by atoms with Crippen LogP contribution in [0, 0.1) is 13.8 Å². The summed E-state index contributed by atoms with van der Waals surface area (Å²) < 4.78 is 10.6. The van der Waals surface area contributed by atoms with Gasteiger partial charge in [0.1, 0.15) is 5.75 Å². The second-order valence-electron chi connectivity index (χ2n) is 4.42. The van der Waals surface area contributed by atoms with Gasteiger partial charge >= 0.3 is 5.97 Å². The smallest absolute Gasteiger partial charge is 0.309 e. The normalized spacial score (nSPS) is 10.5. The molecule has 0 amide bonds. The lowest BCUT2D eigenvalue weighted by atomic mass is 10.0. The molecule has 5 nitrogen and oxygen atoms in total. The third kappa shape index (κ3) is 2.76. The van der Waals surface area contributed by atoms with Gasteiger partial charge in [-0.2, -0.15) is 0 Å². The Bertz CT molecular complexity index is 616. The predicted octanol–water partition coefficient (Wildman–Crippen LogP) is 2.59. The summed E-state index contributed by atoms with van der Waals surface area (Å²) in [5.41, 5.74) is 3.24. The van der Waals surface area contributed by atoms with E-state index in [4.69, 9.17) is 14.4 Å². The molecule has 19 heavy (non-hydrogen) atoms. The molecule has 1 aromatic heterocycles. The Hall–Kier alpha value is -2.30. The molecule has 100 valence electrons. The summed E-state index contributed by atoms with van der Waals surface area (Å²) in [5, 5.41) is 12.5. The van der Waals surface area contributed by atoms with Gasteiger partial charge in [0.05, 0.1) is 24.8 Å². The van der Waals surface area contributed by atoms with Crippen molar-refractivity contribution in [3.8, 4) is 17.1 Å². The van der Waals surface area contributed by atoms with Crippen molar-refractivity contribution in [3.05, 3.63) is 35.0 Å². The van der Waals surface area contributed by atoms with Crippen molar-refractivity contribution in [3.63, 3.8) is 0 Å². The summed E-state index contributed by atoms with van der Waals surface area (Å²) in [7, 11) is 1.59. The first-order chi connectivity index (χ1) is 9.01. The highest BCUT2D eigenvalue weighted by Gasteiger charge is 2.15. The number of aryl methyl sites for hydroxylation is 2. The van der Waals surface area contributed by atoms with Crippen LogP contribution in [-0.2, 0) is 11.2 Å². The molecular weight excluding hydrogens is 246 g/mol. The zero-order chi connectivity index (χ0) is 14.0. The molecule has 2 rings (SSSR count). The van der Waals surface area contributed by atoms with Gasteiger partial charge in [-0.3, -0.25) is 4.79 Å². The van der Waals surface area contributed by atoms with Crippen LogP contribution in [0.2, 0.25) is 0 Å². The third-order valence-electron chi connectivity index (χ3n) is 2.78. The van der Waals surface area contributed by atoms with Crippen LogP contribution in [-0.4, -0.2) is 23.3 Å². The highest BCUT2D eigenvalue weighted by Crippen LogP contribution is 2.34. The molecule has 0 aliphatic carbocycles. The van der Waals surface area contributed by atoms with Gasteiger partial charge in [0.2, 0.25) is 0 Å². The Morgan fingerprint density at radius 3 is 2.74 bits per heavy atom. The number of carbonyl (C=O) groups is 1. The number of aliphatic carboxylic acids is 1. The fraction of sp³-hybridized carbons (Fsp3) is 0.286. The SMILES string of the molecule is COc1c(C)cc(C)cc1-c1cc(CC(=O)O)no1. The lowest BCUT2D eigenvalue weighted by Crippen LogP contribution is -1.99. The number of carboxylic acid groups (broad SMARTS) is 1. The largest absolute Gasteiger partial charge is 0.496 e. The van der Waals surface area contributed by atoms with Gasteiger partial charge in [-0.1, -0.05) is 11.2 Å². The fourth-order valence-electron chi connectivity index (χ4n) is 2.09. The number of benzene rings is 1. The summed E-state index contributed by atoms with van der Waals surface area (Å²) in [6, 6.07) is 5.57. The van der Waals surface area contributed by atoms with Crippen LogP contribution in [0.15, 0.2) is 22.7 Å². The van der Waals surface area contributed by atoms with Crippen molar-refractivity contribution >= 4 is 5.97 Å². The number of aromatic nitrogens is 1. The average molecular weight is 261 g/mol. The number of methoxy groups -OCH3 is 1. The van der Waals surface area contributed by atoms with Gasteiger partial charge in [0.25, 0.3) is 0 Å². The van der Waals surface area contributed by atoms with Gasteiger partial charge in [-0.25, -0.2) is 0 Å². The minimum atomic E-state index is -0.938. The molecule has 0 fully saturated rings. The minimum absolute atomic E-state index is 0.156. The van der Waals surface area contributed by atoms with E-state index in [1.54, 1.807) is 13.2 Å². The van der Waals surface area contributed by atoms with Crippen LogP contribution >= 0.6 is 0 Å². The van der Waals surface area contributed by atoms with Crippen LogP contribution in [0.25, 0.3) is 11.3 Å². The maximum Gasteiger partial charge on any atom is 0.309 e. The molecule has 0 saturated heterocycles. The van der Waals surface area contributed by atoms with Gasteiger partial charge in [0, 0.05) is 6.07 Å². The van der Waals surface area contributed by atoms with E-state index < -0.39 is 5.97 Å². The van der Waals surface area contributed by atoms with Crippen molar-refractivity contribution in [2.45, 2.75) is 20.3 Å². The molecule has 0 aliphatic heterocycles. The third-order valence-corrected chi connectivity index (χ3v) is 2.78. The van der Waals surface area contributed by atoms with Gasteiger partial charge in [-0.15, -0.1) is 0 Å². The maximum absolute atomic E-state index is 10.6. The second kappa shape index (κ2) is 5.14. The predicted molar refractivity (Wildman–Crippen MR) is 69.3 cm³/mol. The van der Waals surface area contributed by atoms with E-state index >= 15 is 0 Å². The molecular formula is C14H15NO4. The highest BCUT2D eigenvalue weighted by atomic mass is 16.5. The lowest BCUT2D eigenvalue weighted by molar-refractivity contribution is -0.136. The van der Waals surface area contributed by atoms with Gasteiger partial charge < -0.3 is 14.4 Å². The van der Waals surface area contributed by atoms with Gasteiger partial charge in [0.15, 0.2) is 5.76 Å². The molecule has 1 aromatic carbocycles. The number of carboxylic acids is 1. The van der Waals surface area contributed by atoms with E-state index in [1.165, 1.54) is 0 Å². The number of rotatable bonds is 4. The van der Waals surface area contributed by atoms with Crippen molar-refractivity contribution in [1.82, 2.24) is 5.16 Å². The van der Waals surface area contributed by atoms with Crippen molar-refractivity contribution < 1.29 is 19.2 Å². The number of hydrogen-bond acceptors (Lipinski definition) is 4. The van der Waals surface area contributed by atoms with Crippen LogP contribution < -0.4 is 4.74 Å². The molecule has 0 unspecified atom stereocenters. The van der Waals surface area contributed by atoms with Gasteiger partial charge in [-0.05, 0) is 31.0 Å². The highest BCUT2D eigenvalue weighted by molar-refractivity contribution is 5.72. The Balaban J connectivity index is 2.46. The zero-order valence-corrected chi connectivity index (χ0v) is 11.1. The van der Waals surface area contributed by atoms with E-state index in [9.17, 15) is 4.79 Å². The molecule has 0 saturated carbocycles. The molecule has 0 spiro atoms. The summed E-state index contributed by atoms with van der Waals surface area (Å²) in [5.74, 6) is 0.288. The molecule has 0 radical (unpaired) electrons. The quantitative estimate of drug-likeness (QED) is 0.915. The molecule has 5 heteroatoms. The standard InChI is InChI=1S/C14H15NO4/c1-8-4-9(2)14(18-3)11(5-8)12-6-10(15-19-12)7-13(16)17/h4-6H,7H2,1-3H3,(H,16,17). The Morgan fingerprint density at radius 1 is 1.37 bits per heavy atom. The van der Waals surface area contributed by atoms with E-state index in [-0.39, 0.29) is 6.42 Å². The molecule has 0 atom stereocenters. The molecule has 2 aromatic rings. The van der Waals surface area contributed by atoms with E-state index in [1.807, 2.05) is 26.0 Å². The lowest BCUT2D eigenvalue weighted by Gasteiger charge is -2.10. The summed E-state index contributed by atoms with van der Waals surface area (Å²) in [4.78, 5) is 10.6. The average Bonchev–Trinajstić information content (AvgIpc) is 2.75. The summed E-state index contributed by atoms with van der Waals surface area (Å²) in [6.45, 7) is 3.92. The summed E-state index contributed by atoms with van der Waals surface area (Å²) in [6.07, 6.45) is -0.156. The Labute approximate surface area is 110 Å². The molecule has 0 aliphatic rings. The van der Waals surface area contributed by atoms with E-state index in [0.29, 0.717) is 17.2 Å². The second-order valence-corrected chi connectivity index (χ2v) is 4.42. The maximum atomic E-state index is 10.6.